The highest BCUT2D eigenvalue weighted by molar-refractivity contribution is 8.09. The van der Waals surface area contributed by atoms with E-state index in [-0.39, 0.29) is 0 Å². The van der Waals surface area contributed by atoms with E-state index in [1.807, 2.05) is 0 Å². The highest BCUT2D eigenvalue weighted by atomic mass is 32.2. The van der Waals surface area contributed by atoms with Gasteiger partial charge in [0.1, 0.15) is 0 Å². The Kier molecular flexibility index (Phi) is 3.95. The Morgan fingerprint density at radius 3 is 1.40 bits per heavy atom. The fourth-order valence-corrected chi connectivity index (χ4v) is 4.95. The third-order valence-corrected chi connectivity index (χ3v) is 5.96. The summed E-state index contributed by atoms with van der Waals surface area (Å²) in [6.45, 7) is 4.70. The summed E-state index contributed by atoms with van der Waals surface area (Å²) < 4.78 is 6.65. The van der Waals surface area contributed by atoms with Crippen molar-refractivity contribution >= 4 is 24.1 Å². The molecular formula is C12H22OS2. The summed E-state index contributed by atoms with van der Waals surface area (Å²) in [4.78, 5) is 0. The molecule has 0 N–H and O–H groups in total. The highest BCUT2D eigenvalue weighted by Gasteiger charge is 2.34. The van der Waals surface area contributed by atoms with Crippen LogP contribution in [0.15, 0.2) is 0 Å². The van der Waals surface area contributed by atoms with Crippen LogP contribution in [-0.2, 0) is 3.63 Å². The van der Waals surface area contributed by atoms with E-state index < -0.39 is 0 Å². The zero-order valence-electron chi connectivity index (χ0n) is 9.88. The predicted molar refractivity (Wildman–Crippen MR) is 70.0 cm³/mol. The molecule has 1 nitrogen and oxygen atoms in total. The normalized spacial score (nSPS) is 28.4. The Hall–Kier alpha value is 0.660. The van der Waals surface area contributed by atoms with E-state index in [9.17, 15) is 0 Å². The van der Waals surface area contributed by atoms with Gasteiger partial charge in [0, 0.05) is 33.6 Å². The summed E-state index contributed by atoms with van der Waals surface area (Å²) in [5, 5.41) is 0. The first-order chi connectivity index (χ1) is 7.12. The van der Waals surface area contributed by atoms with Crippen LogP contribution < -0.4 is 0 Å². The Labute approximate surface area is 103 Å². The van der Waals surface area contributed by atoms with Crippen molar-refractivity contribution < 1.29 is 3.63 Å². The molecule has 2 aliphatic carbocycles. The fourth-order valence-electron chi connectivity index (χ4n) is 2.59. The van der Waals surface area contributed by atoms with Gasteiger partial charge in [0.25, 0.3) is 0 Å². The Morgan fingerprint density at radius 2 is 1.07 bits per heavy atom. The maximum atomic E-state index is 5.84. The van der Waals surface area contributed by atoms with Crippen molar-refractivity contribution in [2.24, 2.45) is 0 Å². The lowest BCUT2D eigenvalue weighted by Crippen LogP contribution is -2.17. The maximum absolute atomic E-state index is 5.84. The van der Waals surface area contributed by atoms with Crippen molar-refractivity contribution in [1.29, 1.82) is 0 Å². The van der Waals surface area contributed by atoms with Gasteiger partial charge in [0.2, 0.25) is 0 Å². The standard InChI is InChI=1S/C12H22OS2/c1-11(7-3-4-8-11)14-13-15-12(2)9-5-6-10-12/h3-10H2,1-2H3. The van der Waals surface area contributed by atoms with Crippen molar-refractivity contribution in [3.63, 3.8) is 0 Å². The molecule has 3 heteroatoms. The van der Waals surface area contributed by atoms with Crippen LogP contribution in [0.1, 0.15) is 65.2 Å². The Morgan fingerprint density at radius 1 is 0.733 bits per heavy atom. The molecule has 15 heavy (non-hydrogen) atoms. The fraction of sp³-hybridized carbons (Fsp3) is 1.00. The molecule has 2 aliphatic rings. The van der Waals surface area contributed by atoms with Crippen molar-refractivity contribution in [2.75, 3.05) is 0 Å². The third-order valence-electron chi connectivity index (χ3n) is 3.79. The van der Waals surface area contributed by atoms with Gasteiger partial charge in [-0.25, -0.2) is 3.63 Å². The summed E-state index contributed by atoms with van der Waals surface area (Å²) in [5.74, 6) is 0. The quantitative estimate of drug-likeness (QED) is 0.648. The van der Waals surface area contributed by atoms with Crippen molar-refractivity contribution in [1.82, 2.24) is 0 Å². The van der Waals surface area contributed by atoms with Gasteiger partial charge < -0.3 is 0 Å². The zero-order chi connectivity index (χ0) is 10.8. The number of hydrogen-bond donors (Lipinski definition) is 0. The van der Waals surface area contributed by atoms with Gasteiger partial charge >= 0.3 is 0 Å². The van der Waals surface area contributed by atoms with E-state index >= 15 is 0 Å². The highest BCUT2D eigenvalue weighted by Crippen LogP contribution is 2.48. The van der Waals surface area contributed by atoms with Crippen LogP contribution in [0.25, 0.3) is 0 Å². The average molecular weight is 246 g/mol. The molecular weight excluding hydrogens is 224 g/mol. The van der Waals surface area contributed by atoms with Crippen LogP contribution in [-0.4, -0.2) is 9.49 Å². The number of hydrogen-bond acceptors (Lipinski definition) is 3. The average Bonchev–Trinajstić information content (AvgIpc) is 2.76. The second kappa shape index (κ2) is 4.89. The summed E-state index contributed by atoms with van der Waals surface area (Å²) in [7, 11) is 0. The first-order valence-corrected chi connectivity index (χ1v) is 7.64. The second-order valence-electron chi connectivity index (χ2n) is 5.55. The van der Waals surface area contributed by atoms with E-state index in [4.69, 9.17) is 3.63 Å². The summed E-state index contributed by atoms with van der Waals surface area (Å²) in [5.41, 5.74) is 0. The molecule has 0 aromatic rings. The lowest BCUT2D eigenvalue weighted by atomic mass is 10.1. The minimum atomic E-state index is 0.405. The van der Waals surface area contributed by atoms with Crippen LogP contribution in [0.3, 0.4) is 0 Å². The zero-order valence-corrected chi connectivity index (χ0v) is 11.5. The van der Waals surface area contributed by atoms with Crippen molar-refractivity contribution in [3.05, 3.63) is 0 Å². The molecule has 0 saturated heterocycles. The Balaban J connectivity index is 1.69. The molecule has 0 heterocycles. The molecule has 0 atom stereocenters. The van der Waals surface area contributed by atoms with E-state index in [0.717, 1.165) is 0 Å². The molecule has 2 saturated carbocycles. The van der Waals surface area contributed by atoms with Gasteiger partial charge in [-0.05, 0) is 39.5 Å². The van der Waals surface area contributed by atoms with Gasteiger partial charge in [-0.2, -0.15) is 0 Å². The molecule has 0 spiro atoms. The lowest BCUT2D eigenvalue weighted by molar-refractivity contribution is 0.593. The summed E-state index contributed by atoms with van der Waals surface area (Å²) in [6, 6.07) is 0. The molecule has 0 radical (unpaired) electrons. The monoisotopic (exact) mass is 246 g/mol. The minimum absolute atomic E-state index is 0.405. The molecule has 2 fully saturated rings. The first kappa shape index (κ1) is 12.1. The van der Waals surface area contributed by atoms with Crippen LogP contribution in [0.4, 0.5) is 0 Å². The lowest BCUT2D eigenvalue weighted by Gasteiger charge is -2.25. The van der Waals surface area contributed by atoms with Crippen molar-refractivity contribution in [3.8, 4) is 0 Å². The minimum Gasteiger partial charge on any atom is -0.246 e. The van der Waals surface area contributed by atoms with Crippen LogP contribution >= 0.6 is 24.1 Å². The molecule has 2 rings (SSSR count). The van der Waals surface area contributed by atoms with Gasteiger partial charge in [-0.15, -0.1) is 0 Å². The SMILES string of the molecule is CC1(SOSC2(C)CCCC2)CCCC1. The number of rotatable bonds is 4. The van der Waals surface area contributed by atoms with Crippen LogP contribution in [0, 0.1) is 0 Å². The van der Waals surface area contributed by atoms with E-state index in [0.29, 0.717) is 9.49 Å². The summed E-state index contributed by atoms with van der Waals surface area (Å²) >= 11 is 3.47. The second-order valence-corrected chi connectivity index (χ2v) is 8.40. The molecule has 0 unspecified atom stereocenters. The van der Waals surface area contributed by atoms with Crippen LogP contribution in [0.2, 0.25) is 0 Å². The summed E-state index contributed by atoms with van der Waals surface area (Å²) in [6.07, 6.45) is 10.8. The molecule has 0 bridgehead atoms. The van der Waals surface area contributed by atoms with Crippen molar-refractivity contribution in [2.45, 2.75) is 74.7 Å². The first-order valence-electron chi connectivity index (χ1n) is 6.16. The largest absolute Gasteiger partial charge is 0.246 e. The van der Waals surface area contributed by atoms with E-state index in [1.165, 1.54) is 51.4 Å². The molecule has 0 amide bonds. The Bertz CT molecular complexity index is 184. The topological polar surface area (TPSA) is 9.23 Å². The maximum Gasteiger partial charge on any atom is 0.0407 e. The third kappa shape index (κ3) is 3.31. The predicted octanol–water partition coefficient (Wildman–Crippen LogP) is 4.96. The van der Waals surface area contributed by atoms with E-state index in [2.05, 4.69) is 13.8 Å². The van der Waals surface area contributed by atoms with Gasteiger partial charge in [-0.3, -0.25) is 0 Å². The van der Waals surface area contributed by atoms with Gasteiger partial charge in [0.05, 0.1) is 0 Å². The molecule has 0 aromatic carbocycles. The van der Waals surface area contributed by atoms with E-state index in [1.54, 1.807) is 24.1 Å². The van der Waals surface area contributed by atoms with Gasteiger partial charge in [-0.1, -0.05) is 25.7 Å². The van der Waals surface area contributed by atoms with Crippen LogP contribution in [0.5, 0.6) is 0 Å². The van der Waals surface area contributed by atoms with Gasteiger partial charge in [0.15, 0.2) is 0 Å². The smallest absolute Gasteiger partial charge is 0.0407 e. The molecule has 88 valence electrons. The molecule has 0 aromatic heterocycles. The molecule has 0 aliphatic heterocycles.